The molecule has 0 saturated carbocycles. The maximum Gasteiger partial charge on any atom is 0.259 e. The molecule has 0 aromatic heterocycles. The van der Waals surface area contributed by atoms with Crippen LogP contribution in [0.3, 0.4) is 0 Å². The molecule has 4 heteroatoms. The summed E-state index contributed by atoms with van der Waals surface area (Å²) in [5.41, 5.74) is 0.947. The maximum absolute atomic E-state index is 11.6. The molecule has 1 aromatic rings. The molecule has 1 N–H and O–H groups in total. The van der Waals surface area contributed by atoms with E-state index in [0.717, 1.165) is 5.56 Å². The van der Waals surface area contributed by atoms with Gasteiger partial charge in [-0.1, -0.05) is 42.5 Å². The fourth-order valence-electron chi connectivity index (χ4n) is 1.79. The average Bonchev–Trinajstić information content (AvgIpc) is 2.54. The van der Waals surface area contributed by atoms with Crippen molar-refractivity contribution in [3.63, 3.8) is 0 Å². The minimum atomic E-state index is -1.51. The van der Waals surface area contributed by atoms with Crippen LogP contribution in [0.15, 0.2) is 36.4 Å². The number of Topliss-reactive ketones (excluding diaryl/α,β-unsaturated/α-hetero) is 1. The minimum absolute atomic E-state index is 0.468. The third kappa shape index (κ3) is 2.12. The Bertz CT molecular complexity index is 467. The average molecular weight is 231 g/mol. The maximum atomic E-state index is 11.6. The zero-order chi connectivity index (χ0) is 12.4. The molecule has 4 nitrogen and oxygen atoms in total. The molecule has 0 aliphatic carbocycles. The van der Waals surface area contributed by atoms with Crippen LogP contribution in [0.5, 0.6) is 0 Å². The summed E-state index contributed by atoms with van der Waals surface area (Å²) in [4.78, 5) is 24.2. The molecule has 0 bridgehead atoms. The number of aliphatic hydroxyl groups is 1. The molecule has 0 spiro atoms. The molecule has 2 unspecified atom stereocenters. The van der Waals surface area contributed by atoms with E-state index in [1.54, 1.807) is 12.2 Å². The van der Waals surface area contributed by atoms with E-state index in [0.29, 0.717) is 0 Å². The molecule has 1 aliphatic rings. The number of likely N-dealkylation sites (N-methyl/N-ethyl adjacent to an activating group) is 1. The van der Waals surface area contributed by atoms with E-state index in [9.17, 15) is 14.7 Å². The molecule has 2 rings (SSSR count). The lowest BCUT2D eigenvalue weighted by Crippen LogP contribution is -2.29. The smallest absolute Gasteiger partial charge is 0.259 e. The van der Waals surface area contributed by atoms with E-state index >= 15 is 0 Å². The standard InChI is InChI=1S/C13H13NO3/c1-14-10(11(15)12(16)13(14)17)8-7-9-5-3-2-4-6-9/h2-8,10,12,16H,1H3. The minimum Gasteiger partial charge on any atom is -0.376 e. The zero-order valence-corrected chi connectivity index (χ0v) is 9.41. The number of hydrogen-bond acceptors (Lipinski definition) is 3. The van der Waals surface area contributed by atoms with E-state index in [-0.39, 0.29) is 0 Å². The van der Waals surface area contributed by atoms with Gasteiger partial charge in [0.15, 0.2) is 11.9 Å². The van der Waals surface area contributed by atoms with Crippen LogP contribution in [-0.2, 0) is 9.59 Å². The van der Waals surface area contributed by atoms with Crippen LogP contribution in [0.2, 0.25) is 0 Å². The summed E-state index contributed by atoms with van der Waals surface area (Å²) >= 11 is 0. The first-order valence-electron chi connectivity index (χ1n) is 5.33. The SMILES string of the molecule is CN1C(=O)C(O)C(=O)C1C=Cc1ccccc1. The number of ketones is 1. The van der Waals surface area contributed by atoms with Gasteiger partial charge in [0.2, 0.25) is 0 Å². The summed E-state index contributed by atoms with van der Waals surface area (Å²) in [6.07, 6.45) is 1.89. The number of carbonyl (C=O) groups is 2. The van der Waals surface area contributed by atoms with E-state index in [4.69, 9.17) is 0 Å². The van der Waals surface area contributed by atoms with E-state index < -0.39 is 23.8 Å². The lowest BCUT2D eigenvalue weighted by molar-refractivity contribution is -0.136. The van der Waals surface area contributed by atoms with Gasteiger partial charge in [-0.15, -0.1) is 0 Å². The van der Waals surface area contributed by atoms with Gasteiger partial charge in [0.25, 0.3) is 5.91 Å². The summed E-state index contributed by atoms with van der Waals surface area (Å²) in [6.45, 7) is 0. The van der Waals surface area contributed by atoms with Gasteiger partial charge in [0, 0.05) is 7.05 Å². The first-order valence-corrected chi connectivity index (χ1v) is 5.33. The Morgan fingerprint density at radius 3 is 2.41 bits per heavy atom. The third-order valence-corrected chi connectivity index (χ3v) is 2.83. The number of likely N-dealkylation sites (tertiary alicyclic amines) is 1. The third-order valence-electron chi connectivity index (χ3n) is 2.83. The summed E-state index contributed by atoms with van der Waals surface area (Å²) < 4.78 is 0. The number of rotatable bonds is 2. The Balaban J connectivity index is 2.17. The lowest BCUT2D eigenvalue weighted by Gasteiger charge is -2.13. The number of hydrogen-bond donors (Lipinski definition) is 1. The summed E-state index contributed by atoms with van der Waals surface area (Å²) in [7, 11) is 1.51. The van der Waals surface area contributed by atoms with Crippen LogP contribution < -0.4 is 0 Å². The molecule has 88 valence electrons. The number of carbonyl (C=O) groups excluding carboxylic acids is 2. The van der Waals surface area contributed by atoms with Gasteiger partial charge in [0.1, 0.15) is 6.04 Å². The second-order valence-electron chi connectivity index (χ2n) is 3.97. The molecular formula is C13H13NO3. The molecule has 2 atom stereocenters. The summed E-state index contributed by atoms with van der Waals surface area (Å²) in [5.74, 6) is -1.01. The van der Waals surface area contributed by atoms with E-state index in [1.165, 1.54) is 11.9 Å². The molecule has 1 heterocycles. The monoisotopic (exact) mass is 231 g/mol. The van der Waals surface area contributed by atoms with Crippen molar-refractivity contribution in [2.24, 2.45) is 0 Å². The predicted octanol–water partition coefficient (Wildman–Crippen LogP) is 0.470. The number of aliphatic hydroxyl groups excluding tert-OH is 1. The molecule has 1 aliphatic heterocycles. The second kappa shape index (κ2) is 4.51. The largest absolute Gasteiger partial charge is 0.376 e. The first-order chi connectivity index (χ1) is 8.11. The Morgan fingerprint density at radius 2 is 1.88 bits per heavy atom. The van der Waals surface area contributed by atoms with Gasteiger partial charge in [-0.25, -0.2) is 0 Å². The zero-order valence-electron chi connectivity index (χ0n) is 9.41. The molecule has 1 saturated heterocycles. The molecule has 17 heavy (non-hydrogen) atoms. The molecule has 1 amide bonds. The van der Waals surface area contributed by atoms with Crippen molar-refractivity contribution < 1.29 is 14.7 Å². The highest BCUT2D eigenvalue weighted by Gasteiger charge is 2.42. The Labute approximate surface area is 99.2 Å². The van der Waals surface area contributed by atoms with Crippen LogP contribution >= 0.6 is 0 Å². The normalized spacial score (nSPS) is 24.9. The molecule has 0 radical (unpaired) electrons. The van der Waals surface area contributed by atoms with Crippen molar-refractivity contribution in [1.82, 2.24) is 4.90 Å². The number of nitrogens with zero attached hydrogens (tertiary/aromatic N) is 1. The van der Waals surface area contributed by atoms with Gasteiger partial charge in [-0.05, 0) is 5.56 Å². The van der Waals surface area contributed by atoms with Crippen molar-refractivity contribution >= 4 is 17.8 Å². The fraction of sp³-hybridized carbons (Fsp3) is 0.231. The van der Waals surface area contributed by atoms with Gasteiger partial charge < -0.3 is 10.0 Å². The van der Waals surface area contributed by atoms with Crippen LogP contribution in [-0.4, -0.2) is 40.9 Å². The highest BCUT2D eigenvalue weighted by Crippen LogP contribution is 2.16. The second-order valence-corrected chi connectivity index (χ2v) is 3.97. The van der Waals surface area contributed by atoms with Crippen molar-refractivity contribution in [2.75, 3.05) is 7.05 Å². The van der Waals surface area contributed by atoms with Crippen molar-refractivity contribution in [3.8, 4) is 0 Å². The molecule has 1 aromatic carbocycles. The van der Waals surface area contributed by atoms with Gasteiger partial charge in [0.05, 0.1) is 0 Å². The van der Waals surface area contributed by atoms with Crippen LogP contribution in [0, 0.1) is 0 Å². The van der Waals surface area contributed by atoms with Gasteiger partial charge in [-0.2, -0.15) is 0 Å². The first kappa shape index (κ1) is 11.5. The van der Waals surface area contributed by atoms with Crippen LogP contribution in [0.4, 0.5) is 0 Å². The predicted molar refractivity (Wildman–Crippen MR) is 63.0 cm³/mol. The fourth-order valence-corrected chi connectivity index (χ4v) is 1.79. The Hall–Kier alpha value is -1.94. The number of benzene rings is 1. The van der Waals surface area contributed by atoms with Crippen molar-refractivity contribution in [1.29, 1.82) is 0 Å². The van der Waals surface area contributed by atoms with Gasteiger partial charge >= 0.3 is 0 Å². The van der Waals surface area contributed by atoms with Crippen LogP contribution in [0.25, 0.3) is 6.08 Å². The summed E-state index contributed by atoms with van der Waals surface area (Å²) in [6, 6.07) is 8.80. The molecule has 1 fully saturated rings. The highest BCUT2D eigenvalue weighted by atomic mass is 16.3. The highest BCUT2D eigenvalue weighted by molar-refractivity contribution is 6.13. The Kier molecular flexibility index (Phi) is 3.06. The molecular weight excluding hydrogens is 218 g/mol. The van der Waals surface area contributed by atoms with Gasteiger partial charge in [-0.3, -0.25) is 9.59 Å². The quantitative estimate of drug-likeness (QED) is 0.753. The van der Waals surface area contributed by atoms with Crippen LogP contribution in [0.1, 0.15) is 5.56 Å². The van der Waals surface area contributed by atoms with E-state index in [2.05, 4.69) is 0 Å². The number of amides is 1. The van der Waals surface area contributed by atoms with Crippen molar-refractivity contribution in [2.45, 2.75) is 12.1 Å². The summed E-state index contributed by atoms with van der Waals surface area (Å²) in [5, 5.41) is 9.33. The van der Waals surface area contributed by atoms with E-state index in [1.807, 2.05) is 30.3 Å². The van der Waals surface area contributed by atoms with Crippen molar-refractivity contribution in [3.05, 3.63) is 42.0 Å². The lowest BCUT2D eigenvalue weighted by atomic mass is 10.1. The topological polar surface area (TPSA) is 57.6 Å². The Morgan fingerprint density at radius 1 is 1.24 bits per heavy atom.